The lowest BCUT2D eigenvalue weighted by molar-refractivity contribution is 0.877. The van der Waals surface area contributed by atoms with Crippen LogP contribution in [0.3, 0.4) is 0 Å². The Morgan fingerprint density at radius 2 is 1.65 bits per heavy atom. The number of halogens is 1. The second kappa shape index (κ2) is 6.31. The first-order chi connectivity index (χ1) is 9.47. The van der Waals surface area contributed by atoms with Gasteiger partial charge in [-0.2, -0.15) is 0 Å². The van der Waals surface area contributed by atoms with Gasteiger partial charge >= 0.3 is 0 Å². The third-order valence-electron chi connectivity index (χ3n) is 3.70. The van der Waals surface area contributed by atoms with E-state index in [1.807, 2.05) is 0 Å². The smallest absolute Gasteiger partial charge is 0.0600 e. The summed E-state index contributed by atoms with van der Waals surface area (Å²) in [6.07, 6.45) is 1.01. The molecule has 0 aromatic heterocycles. The summed E-state index contributed by atoms with van der Waals surface area (Å²) >= 11 is 3.46. The van der Waals surface area contributed by atoms with Gasteiger partial charge in [-0.1, -0.05) is 28.1 Å². The molecule has 0 atom stereocenters. The Balaban J connectivity index is 2.06. The van der Waals surface area contributed by atoms with E-state index in [1.165, 1.54) is 16.7 Å². The Labute approximate surface area is 129 Å². The second-order valence-corrected chi connectivity index (χ2v) is 6.21. The van der Waals surface area contributed by atoms with Crippen molar-refractivity contribution in [1.82, 2.24) is 0 Å². The number of likely N-dealkylation sites (N-methyl/N-ethyl adjacent to an activating group) is 1. The van der Waals surface area contributed by atoms with E-state index in [2.05, 4.69) is 78.1 Å². The van der Waals surface area contributed by atoms with Crippen LogP contribution in [0.4, 0.5) is 11.4 Å². The fourth-order valence-corrected chi connectivity index (χ4v) is 2.49. The first-order valence-electron chi connectivity index (χ1n) is 6.79. The number of nitrogens with two attached hydrogens (primary N) is 1. The minimum atomic E-state index is 0.853. The summed E-state index contributed by atoms with van der Waals surface area (Å²) in [6, 6.07) is 12.7. The largest absolute Gasteiger partial charge is 0.397 e. The summed E-state index contributed by atoms with van der Waals surface area (Å²) in [7, 11) is 2.10. The summed E-state index contributed by atoms with van der Waals surface area (Å²) in [5.41, 5.74) is 12.0. The molecule has 0 aliphatic heterocycles. The van der Waals surface area contributed by atoms with Gasteiger partial charge in [0.2, 0.25) is 0 Å². The molecule has 106 valence electrons. The first kappa shape index (κ1) is 14.9. The summed E-state index contributed by atoms with van der Waals surface area (Å²) < 4.78 is 1.12. The summed E-state index contributed by atoms with van der Waals surface area (Å²) in [6.45, 7) is 5.17. The van der Waals surface area contributed by atoms with E-state index < -0.39 is 0 Å². The predicted octanol–water partition coefficient (Wildman–Crippen LogP) is 4.33. The molecule has 0 aliphatic rings. The minimum Gasteiger partial charge on any atom is -0.397 e. The number of anilines is 2. The van der Waals surface area contributed by atoms with E-state index in [9.17, 15) is 0 Å². The van der Waals surface area contributed by atoms with Crippen LogP contribution >= 0.6 is 15.9 Å². The van der Waals surface area contributed by atoms with Crippen LogP contribution in [0.25, 0.3) is 0 Å². The molecule has 0 bridgehead atoms. The van der Waals surface area contributed by atoms with Crippen molar-refractivity contribution in [1.29, 1.82) is 0 Å². The predicted molar refractivity (Wildman–Crippen MR) is 91.4 cm³/mol. The molecule has 2 aromatic carbocycles. The lowest BCUT2D eigenvalue weighted by Crippen LogP contribution is -2.21. The van der Waals surface area contributed by atoms with Crippen molar-refractivity contribution in [3.63, 3.8) is 0 Å². The molecule has 2 N–H and O–H groups in total. The molecule has 2 rings (SSSR count). The number of benzene rings is 2. The van der Waals surface area contributed by atoms with Crippen LogP contribution in [0.1, 0.15) is 16.7 Å². The van der Waals surface area contributed by atoms with E-state index in [4.69, 9.17) is 5.73 Å². The molecule has 0 aliphatic carbocycles. The van der Waals surface area contributed by atoms with E-state index in [1.54, 1.807) is 0 Å². The van der Waals surface area contributed by atoms with Crippen molar-refractivity contribution in [2.75, 3.05) is 24.2 Å². The summed E-state index contributed by atoms with van der Waals surface area (Å²) in [5.74, 6) is 0. The van der Waals surface area contributed by atoms with Crippen LogP contribution in [0.15, 0.2) is 40.9 Å². The molecule has 20 heavy (non-hydrogen) atoms. The van der Waals surface area contributed by atoms with Crippen LogP contribution in [-0.2, 0) is 6.42 Å². The zero-order valence-corrected chi connectivity index (χ0v) is 13.9. The third kappa shape index (κ3) is 3.54. The molecule has 0 unspecified atom stereocenters. The fourth-order valence-electron chi connectivity index (χ4n) is 2.22. The van der Waals surface area contributed by atoms with Gasteiger partial charge in [-0.3, -0.25) is 0 Å². The second-order valence-electron chi connectivity index (χ2n) is 5.29. The van der Waals surface area contributed by atoms with E-state index in [-0.39, 0.29) is 0 Å². The van der Waals surface area contributed by atoms with E-state index in [0.29, 0.717) is 0 Å². The normalized spacial score (nSPS) is 10.6. The topological polar surface area (TPSA) is 29.3 Å². The lowest BCUT2D eigenvalue weighted by atomic mass is 10.1. The molecule has 0 spiro atoms. The van der Waals surface area contributed by atoms with Crippen molar-refractivity contribution in [2.24, 2.45) is 0 Å². The highest BCUT2D eigenvalue weighted by Gasteiger charge is 2.07. The van der Waals surface area contributed by atoms with Gasteiger partial charge < -0.3 is 10.6 Å². The third-order valence-corrected chi connectivity index (χ3v) is 4.23. The monoisotopic (exact) mass is 332 g/mol. The van der Waals surface area contributed by atoms with Crippen LogP contribution in [-0.4, -0.2) is 13.6 Å². The molecule has 0 fully saturated rings. The Morgan fingerprint density at radius 3 is 2.30 bits per heavy atom. The van der Waals surface area contributed by atoms with Crippen LogP contribution in [0.2, 0.25) is 0 Å². The molecule has 2 nitrogen and oxygen atoms in total. The molecule has 0 heterocycles. The lowest BCUT2D eigenvalue weighted by Gasteiger charge is -2.22. The van der Waals surface area contributed by atoms with Gasteiger partial charge in [0.05, 0.1) is 11.4 Å². The number of hydrogen-bond donors (Lipinski definition) is 1. The maximum absolute atomic E-state index is 6.13. The van der Waals surface area contributed by atoms with Crippen molar-refractivity contribution < 1.29 is 0 Å². The van der Waals surface area contributed by atoms with E-state index in [0.717, 1.165) is 28.8 Å². The van der Waals surface area contributed by atoms with Crippen LogP contribution in [0.5, 0.6) is 0 Å². The standard InChI is InChI=1S/C17H21BrN2/c1-12-10-16(19)17(11-13(12)2)20(3)9-8-14-4-6-15(18)7-5-14/h4-7,10-11H,8-9,19H2,1-3H3. The molecule has 2 aromatic rings. The number of aryl methyl sites for hydroxylation is 2. The maximum atomic E-state index is 6.13. The van der Waals surface area contributed by atoms with Gasteiger partial charge in [0.25, 0.3) is 0 Å². The summed E-state index contributed by atoms with van der Waals surface area (Å²) in [5, 5.41) is 0. The zero-order chi connectivity index (χ0) is 14.7. The molecule has 0 saturated carbocycles. The molecule has 0 saturated heterocycles. The molecular formula is C17H21BrN2. The van der Waals surface area contributed by atoms with Gasteiger partial charge in [0.1, 0.15) is 0 Å². The van der Waals surface area contributed by atoms with Gasteiger partial charge in [0, 0.05) is 18.1 Å². The van der Waals surface area contributed by atoms with Crippen molar-refractivity contribution in [3.05, 3.63) is 57.6 Å². The molecule has 0 amide bonds. The Bertz CT molecular complexity index is 591. The number of nitrogens with zero attached hydrogens (tertiary/aromatic N) is 1. The number of rotatable bonds is 4. The van der Waals surface area contributed by atoms with Crippen molar-refractivity contribution >= 4 is 27.3 Å². The van der Waals surface area contributed by atoms with Crippen molar-refractivity contribution in [2.45, 2.75) is 20.3 Å². The average molecular weight is 333 g/mol. The highest BCUT2D eigenvalue weighted by molar-refractivity contribution is 9.10. The van der Waals surface area contributed by atoms with Crippen LogP contribution < -0.4 is 10.6 Å². The Morgan fingerprint density at radius 1 is 1.05 bits per heavy atom. The first-order valence-corrected chi connectivity index (χ1v) is 7.59. The average Bonchev–Trinajstić information content (AvgIpc) is 2.42. The quantitative estimate of drug-likeness (QED) is 0.844. The molecule has 3 heteroatoms. The number of nitrogen functional groups attached to an aromatic ring is 1. The highest BCUT2D eigenvalue weighted by Crippen LogP contribution is 2.26. The Kier molecular flexibility index (Phi) is 4.71. The fraction of sp³-hybridized carbons (Fsp3) is 0.294. The maximum Gasteiger partial charge on any atom is 0.0600 e. The van der Waals surface area contributed by atoms with Gasteiger partial charge in [-0.15, -0.1) is 0 Å². The van der Waals surface area contributed by atoms with Crippen molar-refractivity contribution in [3.8, 4) is 0 Å². The zero-order valence-electron chi connectivity index (χ0n) is 12.3. The van der Waals surface area contributed by atoms with Crippen LogP contribution in [0, 0.1) is 13.8 Å². The van der Waals surface area contributed by atoms with Gasteiger partial charge in [-0.25, -0.2) is 0 Å². The Hall–Kier alpha value is -1.48. The molecular weight excluding hydrogens is 312 g/mol. The van der Waals surface area contributed by atoms with Gasteiger partial charge in [-0.05, 0) is 61.2 Å². The summed E-state index contributed by atoms with van der Waals surface area (Å²) in [4.78, 5) is 2.23. The molecule has 0 radical (unpaired) electrons. The highest BCUT2D eigenvalue weighted by atomic mass is 79.9. The minimum absolute atomic E-state index is 0.853. The van der Waals surface area contributed by atoms with E-state index >= 15 is 0 Å². The number of hydrogen-bond acceptors (Lipinski definition) is 2. The van der Waals surface area contributed by atoms with Gasteiger partial charge in [0.15, 0.2) is 0 Å². The SMILES string of the molecule is Cc1cc(N)c(N(C)CCc2ccc(Br)cc2)cc1C.